The number of carbonyl (C=O) groups excluding carboxylic acids is 1. The van der Waals surface area contributed by atoms with E-state index in [0.717, 1.165) is 17.2 Å². The molecule has 128 valence electrons. The standard InChI is InChI=1S/C18H19N5O2/c1-12-7-8-17(25-12)14-9-22(10-15(14)19)18(24)16-11-23(21-20-16)13-5-3-2-4-6-13/h2-8,11,14-15H,9-10,19H2,1H3/t14-,15-/m0/s1. The maximum atomic E-state index is 12.7. The quantitative estimate of drug-likeness (QED) is 0.786. The fourth-order valence-corrected chi connectivity index (χ4v) is 3.18. The molecule has 0 aliphatic carbocycles. The van der Waals surface area contributed by atoms with Gasteiger partial charge in [0.25, 0.3) is 5.91 Å². The molecule has 2 N–H and O–H groups in total. The lowest BCUT2D eigenvalue weighted by Crippen LogP contribution is -2.32. The predicted molar refractivity (Wildman–Crippen MR) is 91.4 cm³/mol. The molecule has 1 saturated heterocycles. The van der Waals surface area contributed by atoms with Gasteiger partial charge in [0, 0.05) is 19.1 Å². The van der Waals surface area contributed by atoms with Crippen LogP contribution < -0.4 is 5.73 Å². The average Bonchev–Trinajstić information content (AvgIpc) is 3.34. The van der Waals surface area contributed by atoms with Crippen LogP contribution in [0.15, 0.2) is 53.1 Å². The average molecular weight is 337 g/mol. The van der Waals surface area contributed by atoms with Crippen LogP contribution in [0.1, 0.15) is 27.9 Å². The summed E-state index contributed by atoms with van der Waals surface area (Å²) in [5.41, 5.74) is 7.40. The van der Waals surface area contributed by atoms with E-state index >= 15 is 0 Å². The Bertz CT molecular complexity index is 886. The van der Waals surface area contributed by atoms with Crippen molar-refractivity contribution >= 4 is 5.91 Å². The van der Waals surface area contributed by atoms with Crippen molar-refractivity contribution in [2.45, 2.75) is 18.9 Å². The van der Waals surface area contributed by atoms with Gasteiger partial charge in [-0.3, -0.25) is 4.79 Å². The third-order valence-electron chi connectivity index (χ3n) is 4.51. The molecule has 7 nitrogen and oxygen atoms in total. The molecule has 0 bridgehead atoms. The summed E-state index contributed by atoms with van der Waals surface area (Å²) < 4.78 is 7.28. The molecule has 4 rings (SSSR count). The molecule has 1 aliphatic heterocycles. The van der Waals surface area contributed by atoms with Crippen LogP contribution in [0.4, 0.5) is 0 Å². The normalized spacial score (nSPS) is 20.2. The van der Waals surface area contributed by atoms with Gasteiger partial charge in [-0.25, -0.2) is 4.68 Å². The molecule has 3 aromatic rings. The zero-order chi connectivity index (χ0) is 17.4. The van der Waals surface area contributed by atoms with E-state index in [1.165, 1.54) is 0 Å². The number of amides is 1. The maximum absolute atomic E-state index is 12.7. The molecule has 2 aromatic heterocycles. The van der Waals surface area contributed by atoms with E-state index in [9.17, 15) is 4.79 Å². The first-order chi connectivity index (χ1) is 12.1. The maximum Gasteiger partial charge on any atom is 0.276 e. The second-order valence-electron chi connectivity index (χ2n) is 6.31. The molecular formula is C18H19N5O2. The summed E-state index contributed by atoms with van der Waals surface area (Å²) in [7, 11) is 0. The monoisotopic (exact) mass is 337 g/mol. The molecular weight excluding hydrogens is 318 g/mol. The summed E-state index contributed by atoms with van der Waals surface area (Å²) in [4.78, 5) is 14.5. The number of carbonyl (C=O) groups is 1. The van der Waals surface area contributed by atoms with Crippen molar-refractivity contribution < 1.29 is 9.21 Å². The summed E-state index contributed by atoms with van der Waals surface area (Å²) in [6, 6.07) is 13.3. The fourth-order valence-electron chi connectivity index (χ4n) is 3.18. The Kier molecular flexibility index (Phi) is 3.85. The summed E-state index contributed by atoms with van der Waals surface area (Å²) >= 11 is 0. The molecule has 0 unspecified atom stereocenters. The zero-order valence-corrected chi connectivity index (χ0v) is 13.9. The molecule has 0 radical (unpaired) electrons. The number of rotatable bonds is 3. The highest BCUT2D eigenvalue weighted by Gasteiger charge is 2.36. The molecule has 7 heteroatoms. The van der Waals surface area contributed by atoms with Crippen molar-refractivity contribution in [3.63, 3.8) is 0 Å². The highest BCUT2D eigenvalue weighted by atomic mass is 16.3. The van der Waals surface area contributed by atoms with Crippen LogP contribution in [0, 0.1) is 6.92 Å². The molecule has 1 amide bonds. The molecule has 1 aromatic carbocycles. The van der Waals surface area contributed by atoms with Gasteiger partial charge in [0.2, 0.25) is 0 Å². The van der Waals surface area contributed by atoms with E-state index in [4.69, 9.17) is 10.2 Å². The first-order valence-electron chi connectivity index (χ1n) is 8.21. The first kappa shape index (κ1) is 15.6. The van der Waals surface area contributed by atoms with Crippen molar-refractivity contribution in [1.82, 2.24) is 19.9 Å². The largest absolute Gasteiger partial charge is 0.466 e. The van der Waals surface area contributed by atoms with E-state index < -0.39 is 0 Å². The van der Waals surface area contributed by atoms with Crippen molar-refractivity contribution in [2.24, 2.45) is 5.73 Å². The Labute approximate surface area is 145 Å². The first-order valence-corrected chi connectivity index (χ1v) is 8.21. The van der Waals surface area contributed by atoms with Crippen LogP contribution in [0.25, 0.3) is 5.69 Å². The number of aromatic nitrogens is 3. The second kappa shape index (κ2) is 6.18. The lowest BCUT2D eigenvalue weighted by Gasteiger charge is -2.13. The molecule has 0 spiro atoms. The minimum Gasteiger partial charge on any atom is -0.466 e. The number of benzene rings is 1. The molecule has 0 saturated carbocycles. The van der Waals surface area contributed by atoms with Crippen molar-refractivity contribution in [3.05, 3.63) is 65.9 Å². The van der Waals surface area contributed by atoms with E-state index in [1.807, 2.05) is 49.4 Å². The van der Waals surface area contributed by atoms with Crippen LogP contribution in [-0.4, -0.2) is 44.9 Å². The lowest BCUT2D eigenvalue weighted by molar-refractivity contribution is 0.0782. The number of hydrogen-bond acceptors (Lipinski definition) is 5. The van der Waals surface area contributed by atoms with E-state index in [1.54, 1.807) is 15.8 Å². The SMILES string of the molecule is Cc1ccc([C@H]2CN(C(=O)c3cn(-c4ccccc4)nn3)C[C@@H]2N)o1. The molecule has 3 heterocycles. The highest BCUT2D eigenvalue weighted by molar-refractivity contribution is 5.92. The van der Waals surface area contributed by atoms with Gasteiger partial charge in [0.1, 0.15) is 11.5 Å². The predicted octanol–water partition coefficient (Wildman–Crippen LogP) is 1.74. The summed E-state index contributed by atoms with van der Waals surface area (Å²) in [5, 5.41) is 8.07. The Morgan fingerprint density at radius 3 is 2.72 bits per heavy atom. The fraction of sp³-hybridized carbons (Fsp3) is 0.278. The minimum absolute atomic E-state index is 0.00168. The van der Waals surface area contributed by atoms with E-state index in [-0.39, 0.29) is 17.9 Å². The molecule has 25 heavy (non-hydrogen) atoms. The number of para-hydroxylation sites is 1. The Morgan fingerprint density at radius 2 is 2.00 bits per heavy atom. The number of nitrogens with zero attached hydrogens (tertiary/aromatic N) is 4. The minimum atomic E-state index is -0.164. The lowest BCUT2D eigenvalue weighted by atomic mass is 10.0. The number of likely N-dealkylation sites (tertiary alicyclic amines) is 1. The number of nitrogens with two attached hydrogens (primary N) is 1. The van der Waals surface area contributed by atoms with Gasteiger partial charge in [-0.2, -0.15) is 0 Å². The van der Waals surface area contributed by atoms with E-state index in [2.05, 4.69) is 10.3 Å². The van der Waals surface area contributed by atoms with Crippen LogP contribution >= 0.6 is 0 Å². The topological polar surface area (TPSA) is 90.2 Å². The smallest absolute Gasteiger partial charge is 0.276 e. The van der Waals surface area contributed by atoms with Crippen molar-refractivity contribution in [3.8, 4) is 5.69 Å². The van der Waals surface area contributed by atoms with Crippen molar-refractivity contribution in [2.75, 3.05) is 13.1 Å². The van der Waals surface area contributed by atoms with Gasteiger partial charge in [-0.1, -0.05) is 23.4 Å². The van der Waals surface area contributed by atoms with Crippen LogP contribution in [0.3, 0.4) is 0 Å². The number of hydrogen-bond donors (Lipinski definition) is 1. The molecule has 1 fully saturated rings. The Hall–Kier alpha value is -2.93. The second-order valence-corrected chi connectivity index (χ2v) is 6.31. The van der Waals surface area contributed by atoms with Crippen LogP contribution in [0.5, 0.6) is 0 Å². The Morgan fingerprint density at radius 1 is 1.20 bits per heavy atom. The van der Waals surface area contributed by atoms with E-state index in [0.29, 0.717) is 18.8 Å². The third kappa shape index (κ3) is 2.94. The van der Waals surface area contributed by atoms with Gasteiger partial charge in [-0.05, 0) is 31.2 Å². The summed E-state index contributed by atoms with van der Waals surface area (Å²) in [5.74, 6) is 1.51. The highest BCUT2D eigenvalue weighted by Crippen LogP contribution is 2.28. The van der Waals surface area contributed by atoms with Gasteiger partial charge in [0.15, 0.2) is 5.69 Å². The molecule has 1 aliphatic rings. The van der Waals surface area contributed by atoms with Gasteiger partial charge in [0.05, 0.1) is 17.8 Å². The summed E-state index contributed by atoms with van der Waals surface area (Å²) in [6.07, 6.45) is 1.65. The zero-order valence-electron chi connectivity index (χ0n) is 13.9. The molecule has 2 atom stereocenters. The van der Waals surface area contributed by atoms with Crippen LogP contribution in [-0.2, 0) is 0 Å². The van der Waals surface area contributed by atoms with Crippen LogP contribution in [0.2, 0.25) is 0 Å². The van der Waals surface area contributed by atoms with Gasteiger partial charge < -0.3 is 15.1 Å². The Balaban J connectivity index is 1.51. The van der Waals surface area contributed by atoms with Crippen molar-refractivity contribution in [1.29, 1.82) is 0 Å². The van der Waals surface area contributed by atoms with Gasteiger partial charge in [-0.15, -0.1) is 5.10 Å². The number of aryl methyl sites for hydroxylation is 1. The van der Waals surface area contributed by atoms with Gasteiger partial charge >= 0.3 is 0 Å². The third-order valence-corrected chi connectivity index (χ3v) is 4.51. The summed E-state index contributed by atoms with van der Waals surface area (Å²) in [6.45, 7) is 2.89. The number of furan rings is 1.